The van der Waals surface area contributed by atoms with E-state index in [2.05, 4.69) is 9.97 Å². The molecule has 28 heavy (non-hydrogen) atoms. The molecule has 10 heteroatoms. The minimum Gasteiger partial charge on any atom is -0.386 e. The van der Waals surface area contributed by atoms with E-state index in [1.165, 1.54) is 31.5 Å². The third-order valence-electron chi connectivity index (χ3n) is 5.06. The molecule has 1 aliphatic heterocycles. The predicted octanol–water partition coefficient (Wildman–Crippen LogP) is 2.06. The van der Waals surface area contributed by atoms with E-state index in [1.807, 2.05) is 0 Å². The quantitative estimate of drug-likeness (QED) is 0.506. The molecule has 1 aromatic carbocycles. The zero-order chi connectivity index (χ0) is 20.2. The van der Waals surface area contributed by atoms with Gasteiger partial charge in [0.1, 0.15) is 41.7 Å². The molecule has 5 N–H and O–H groups in total. The Morgan fingerprint density at radius 2 is 1.93 bits per heavy atom. The molecule has 1 saturated heterocycles. The normalized spacial score (nSPS) is 28.7. The lowest BCUT2D eigenvalue weighted by atomic mass is 9.88. The van der Waals surface area contributed by atoms with Crippen LogP contribution in [0.3, 0.4) is 0 Å². The van der Waals surface area contributed by atoms with Crippen LogP contribution < -0.4 is 5.73 Å². The number of benzene rings is 1. The van der Waals surface area contributed by atoms with E-state index in [0.29, 0.717) is 26.6 Å². The average molecular weight is 425 g/mol. The molecule has 0 bridgehead atoms. The summed E-state index contributed by atoms with van der Waals surface area (Å²) in [6.07, 6.45) is -1.87. The summed E-state index contributed by atoms with van der Waals surface area (Å²) >= 11 is 12.0. The Balaban J connectivity index is 1.72. The van der Waals surface area contributed by atoms with Crippen molar-refractivity contribution in [3.05, 3.63) is 52.4 Å². The van der Waals surface area contributed by atoms with Crippen molar-refractivity contribution < 1.29 is 20.1 Å². The van der Waals surface area contributed by atoms with Gasteiger partial charge in [-0.3, -0.25) is 0 Å². The molecular formula is C18H18Cl2N4O4. The number of aliphatic hydroxyl groups is 3. The molecule has 1 aliphatic rings. The Morgan fingerprint density at radius 3 is 2.61 bits per heavy atom. The average Bonchev–Trinajstić information content (AvgIpc) is 3.14. The topological polar surface area (TPSA) is 127 Å². The van der Waals surface area contributed by atoms with Crippen LogP contribution in [0, 0.1) is 0 Å². The number of fused-ring (bicyclic) bond motifs is 1. The van der Waals surface area contributed by atoms with Crippen LogP contribution in [0.15, 0.2) is 36.8 Å². The van der Waals surface area contributed by atoms with Gasteiger partial charge in [-0.25, -0.2) is 9.97 Å². The van der Waals surface area contributed by atoms with Crippen molar-refractivity contribution >= 4 is 40.1 Å². The molecular weight excluding hydrogens is 407 g/mol. The molecule has 1 fully saturated rings. The predicted molar refractivity (Wildman–Crippen MR) is 104 cm³/mol. The first-order chi connectivity index (χ1) is 13.2. The minimum atomic E-state index is -1.77. The van der Waals surface area contributed by atoms with Gasteiger partial charge in [0.25, 0.3) is 0 Å². The fourth-order valence-electron chi connectivity index (χ4n) is 3.55. The molecule has 0 unspecified atom stereocenters. The molecule has 0 aliphatic carbocycles. The van der Waals surface area contributed by atoms with E-state index < -0.39 is 30.1 Å². The minimum absolute atomic E-state index is 0.285. The van der Waals surface area contributed by atoms with E-state index in [0.717, 1.165) is 0 Å². The van der Waals surface area contributed by atoms with Crippen LogP contribution in [-0.2, 0) is 4.74 Å². The van der Waals surface area contributed by atoms with E-state index in [9.17, 15) is 15.3 Å². The van der Waals surface area contributed by atoms with Crippen molar-refractivity contribution in [2.24, 2.45) is 0 Å². The van der Waals surface area contributed by atoms with Gasteiger partial charge in [-0.05, 0) is 36.8 Å². The highest BCUT2D eigenvalue weighted by molar-refractivity contribution is 6.34. The number of aromatic nitrogens is 3. The fraction of sp³-hybridized carbons (Fsp3) is 0.333. The van der Waals surface area contributed by atoms with Crippen LogP contribution in [0.1, 0.15) is 24.8 Å². The van der Waals surface area contributed by atoms with Gasteiger partial charge in [-0.15, -0.1) is 0 Å². The number of halogens is 2. The lowest BCUT2D eigenvalue weighted by molar-refractivity contribution is -0.115. The monoisotopic (exact) mass is 424 g/mol. The number of nitrogen functional groups attached to an aromatic ring is 1. The van der Waals surface area contributed by atoms with Gasteiger partial charge in [0, 0.05) is 16.2 Å². The number of nitrogens with two attached hydrogens (primary N) is 1. The summed E-state index contributed by atoms with van der Waals surface area (Å²) in [4.78, 5) is 8.11. The van der Waals surface area contributed by atoms with Gasteiger partial charge < -0.3 is 30.4 Å². The SMILES string of the molecule is C[C@@]1(O)[C@@H]([C@@H](O)c2cc(Cl)cc(Cl)c2)O[C@@H](n2ccc3c(N)ncnc32)[C@@H]1O. The molecule has 0 spiro atoms. The summed E-state index contributed by atoms with van der Waals surface area (Å²) < 4.78 is 7.45. The maximum Gasteiger partial charge on any atom is 0.164 e. The van der Waals surface area contributed by atoms with Gasteiger partial charge in [-0.2, -0.15) is 0 Å². The highest BCUT2D eigenvalue weighted by Gasteiger charge is 2.55. The van der Waals surface area contributed by atoms with Crippen LogP contribution in [0.4, 0.5) is 5.82 Å². The van der Waals surface area contributed by atoms with E-state index in [-0.39, 0.29) is 5.82 Å². The number of rotatable bonds is 3. The largest absolute Gasteiger partial charge is 0.386 e. The van der Waals surface area contributed by atoms with Crippen LogP contribution in [0.25, 0.3) is 11.0 Å². The van der Waals surface area contributed by atoms with E-state index in [1.54, 1.807) is 16.8 Å². The number of anilines is 1. The molecule has 0 amide bonds. The molecule has 148 valence electrons. The van der Waals surface area contributed by atoms with Crippen molar-refractivity contribution in [1.82, 2.24) is 14.5 Å². The summed E-state index contributed by atoms with van der Waals surface area (Å²) in [6, 6.07) is 6.27. The van der Waals surface area contributed by atoms with Crippen LogP contribution in [0.5, 0.6) is 0 Å². The van der Waals surface area contributed by atoms with Gasteiger partial charge >= 0.3 is 0 Å². The Bertz CT molecular complexity index is 1020. The Labute approximate surface area is 170 Å². The van der Waals surface area contributed by atoms with Crippen molar-refractivity contribution in [2.75, 3.05) is 5.73 Å². The molecule has 5 atom stereocenters. The zero-order valence-corrected chi connectivity index (χ0v) is 16.2. The van der Waals surface area contributed by atoms with Gasteiger partial charge in [0.2, 0.25) is 0 Å². The van der Waals surface area contributed by atoms with Gasteiger partial charge in [-0.1, -0.05) is 23.2 Å². The zero-order valence-electron chi connectivity index (χ0n) is 14.7. The Morgan fingerprint density at radius 1 is 1.25 bits per heavy atom. The summed E-state index contributed by atoms with van der Waals surface area (Å²) in [6.45, 7) is 1.40. The number of ether oxygens (including phenoxy) is 1. The van der Waals surface area contributed by atoms with E-state index >= 15 is 0 Å². The van der Waals surface area contributed by atoms with E-state index in [4.69, 9.17) is 33.7 Å². The summed E-state index contributed by atoms with van der Waals surface area (Å²) in [5.74, 6) is 0.285. The standard InChI is InChI=1S/C18H18Cl2N4O4/c1-18(27)13(26)17(24-3-2-11-15(21)22-7-23-16(11)24)28-14(18)12(25)8-4-9(19)6-10(20)5-8/h2-7,12-14,17,25-27H,1H3,(H2,21,22,23)/t12-,13-,14+,17+,18-/m0/s1. The molecule has 2 aromatic heterocycles. The number of aliphatic hydroxyl groups excluding tert-OH is 2. The second-order valence-electron chi connectivity index (χ2n) is 6.98. The van der Waals surface area contributed by atoms with Crippen molar-refractivity contribution in [3.8, 4) is 0 Å². The molecule has 3 heterocycles. The van der Waals surface area contributed by atoms with Crippen molar-refractivity contribution in [1.29, 1.82) is 0 Å². The first kappa shape index (κ1) is 19.4. The van der Waals surface area contributed by atoms with Crippen LogP contribution >= 0.6 is 23.2 Å². The van der Waals surface area contributed by atoms with Crippen LogP contribution in [0.2, 0.25) is 10.0 Å². The second-order valence-corrected chi connectivity index (χ2v) is 7.86. The lowest BCUT2D eigenvalue weighted by Crippen LogP contribution is -2.47. The summed E-state index contributed by atoms with van der Waals surface area (Å²) in [7, 11) is 0. The third kappa shape index (κ3) is 3.02. The summed E-state index contributed by atoms with van der Waals surface area (Å²) in [5.41, 5.74) is 4.88. The maximum absolute atomic E-state index is 10.9. The van der Waals surface area contributed by atoms with Crippen molar-refractivity contribution in [3.63, 3.8) is 0 Å². The smallest absolute Gasteiger partial charge is 0.164 e. The number of hydrogen-bond acceptors (Lipinski definition) is 7. The Hall–Kier alpha value is -1.94. The second kappa shape index (κ2) is 6.84. The Kier molecular flexibility index (Phi) is 4.73. The first-order valence-corrected chi connectivity index (χ1v) is 9.22. The lowest BCUT2D eigenvalue weighted by Gasteiger charge is -2.29. The molecule has 0 saturated carbocycles. The van der Waals surface area contributed by atoms with Crippen molar-refractivity contribution in [2.45, 2.75) is 37.1 Å². The maximum atomic E-state index is 10.9. The molecule has 4 rings (SSSR count). The highest BCUT2D eigenvalue weighted by atomic mass is 35.5. The third-order valence-corrected chi connectivity index (χ3v) is 5.49. The fourth-order valence-corrected chi connectivity index (χ4v) is 4.09. The first-order valence-electron chi connectivity index (χ1n) is 8.47. The van der Waals surface area contributed by atoms with Gasteiger partial charge in [0.05, 0.1) is 5.39 Å². The molecule has 3 aromatic rings. The molecule has 0 radical (unpaired) electrons. The van der Waals surface area contributed by atoms with Crippen LogP contribution in [-0.4, -0.2) is 47.7 Å². The number of hydrogen-bond donors (Lipinski definition) is 4. The number of nitrogens with zero attached hydrogens (tertiary/aromatic N) is 3. The van der Waals surface area contributed by atoms with Gasteiger partial charge in [0.15, 0.2) is 6.23 Å². The highest BCUT2D eigenvalue weighted by Crippen LogP contribution is 2.44. The molecule has 8 nitrogen and oxygen atoms in total. The summed E-state index contributed by atoms with van der Waals surface area (Å²) in [5, 5.41) is 33.8.